The summed E-state index contributed by atoms with van der Waals surface area (Å²) in [5.74, 6) is 0.302. The molecular formula is C32H29N4OPt-. The van der Waals surface area contributed by atoms with E-state index in [0.29, 0.717) is 22.8 Å². The fraction of sp³-hybridized carbons (Fsp3) is 0.188. The molecule has 6 heteroatoms. The minimum Gasteiger partial charge on any atom is -0.506 e. The molecule has 1 N–H and O–H groups in total. The largest absolute Gasteiger partial charge is 0.506 e. The van der Waals surface area contributed by atoms with E-state index in [1.807, 2.05) is 67.4 Å². The van der Waals surface area contributed by atoms with E-state index in [4.69, 9.17) is 12.3 Å². The quantitative estimate of drug-likeness (QED) is 0.191. The van der Waals surface area contributed by atoms with Gasteiger partial charge in [-0.1, -0.05) is 63.9 Å². The molecule has 0 spiro atoms. The molecule has 0 saturated heterocycles. The standard InChI is InChI=1S/C32H29N4O.Pt/c1-20-18-21(24-15-13-22-23(32(2,3)4)14-16-28(37)30(22)34-24)19-27-31(20)35(5)25-10-6-7-11-26(25)36(27)29-12-8-9-17-33-29;/h6-18,37H,1-5H3;/q-1;/i2D3,3D3,4D3;. The number of aryl methyl sites for hydroxylation is 1. The molecule has 1 aliphatic rings. The molecule has 5 nitrogen and oxygen atoms in total. The molecule has 0 bridgehead atoms. The van der Waals surface area contributed by atoms with Crippen LogP contribution in [0.2, 0.25) is 0 Å². The zero-order valence-corrected chi connectivity index (χ0v) is 22.8. The number of rotatable bonds is 2. The zero-order chi connectivity index (χ0) is 33.4. The summed E-state index contributed by atoms with van der Waals surface area (Å²) in [4.78, 5) is 13.3. The predicted molar refractivity (Wildman–Crippen MR) is 152 cm³/mol. The summed E-state index contributed by atoms with van der Waals surface area (Å²) >= 11 is 0. The molecule has 0 saturated carbocycles. The van der Waals surface area contributed by atoms with Crippen LogP contribution in [-0.2, 0) is 26.5 Å². The van der Waals surface area contributed by atoms with Gasteiger partial charge in [-0.05, 0) is 58.4 Å². The Labute approximate surface area is 250 Å². The number of phenolic OH excluding ortho intramolecular Hbond substituents is 1. The normalized spacial score (nSPS) is 17.2. The number of aromatic nitrogens is 2. The van der Waals surface area contributed by atoms with Crippen molar-refractivity contribution >= 4 is 39.5 Å². The molecule has 0 radical (unpaired) electrons. The van der Waals surface area contributed by atoms with Gasteiger partial charge in [-0.3, -0.25) is 4.98 Å². The van der Waals surface area contributed by atoms with Crippen molar-refractivity contribution in [3.05, 3.63) is 96.2 Å². The Kier molecular flexibility index (Phi) is 4.28. The number of fused-ring (bicyclic) bond motifs is 3. The first-order chi connectivity index (χ1) is 21.5. The van der Waals surface area contributed by atoms with Crippen LogP contribution in [0.25, 0.3) is 22.2 Å². The third kappa shape index (κ3) is 4.15. The number of pyridine rings is 2. The van der Waals surface area contributed by atoms with Crippen LogP contribution >= 0.6 is 0 Å². The van der Waals surface area contributed by atoms with Gasteiger partial charge >= 0.3 is 0 Å². The number of phenols is 1. The van der Waals surface area contributed by atoms with Crippen LogP contribution in [0.4, 0.5) is 28.6 Å². The molecule has 1 aliphatic heterocycles. The predicted octanol–water partition coefficient (Wildman–Crippen LogP) is 7.96. The van der Waals surface area contributed by atoms with Crippen LogP contribution < -0.4 is 9.80 Å². The molecule has 0 aliphatic carbocycles. The third-order valence-electron chi connectivity index (χ3n) is 6.65. The van der Waals surface area contributed by atoms with Gasteiger partial charge in [-0.25, -0.2) is 4.98 Å². The molecule has 38 heavy (non-hydrogen) atoms. The van der Waals surface area contributed by atoms with Crippen LogP contribution in [0.1, 0.15) is 44.0 Å². The molecule has 0 atom stereocenters. The molecule has 194 valence electrons. The minimum absolute atomic E-state index is 0. The number of hydrogen-bond acceptors (Lipinski definition) is 5. The van der Waals surface area contributed by atoms with Crippen molar-refractivity contribution < 1.29 is 38.5 Å². The van der Waals surface area contributed by atoms with Gasteiger partial charge < -0.3 is 14.9 Å². The first-order valence-electron chi connectivity index (χ1n) is 16.2. The van der Waals surface area contributed by atoms with Crippen molar-refractivity contribution in [2.24, 2.45) is 0 Å². The molecule has 6 rings (SSSR count). The topological polar surface area (TPSA) is 52.5 Å². The monoisotopic (exact) mass is 689 g/mol. The van der Waals surface area contributed by atoms with Gasteiger partial charge in [0.25, 0.3) is 0 Å². The smallest absolute Gasteiger partial charge is 0.140 e. The molecule has 0 amide bonds. The van der Waals surface area contributed by atoms with Gasteiger partial charge in [0.1, 0.15) is 17.1 Å². The second kappa shape index (κ2) is 9.56. The summed E-state index contributed by atoms with van der Waals surface area (Å²) in [5.41, 5.74) is 1.33. The van der Waals surface area contributed by atoms with Crippen LogP contribution in [-0.4, -0.2) is 22.1 Å². The number of aromatic hydroxyl groups is 1. The Morgan fingerprint density at radius 1 is 0.947 bits per heavy atom. The van der Waals surface area contributed by atoms with E-state index in [-0.39, 0.29) is 37.7 Å². The van der Waals surface area contributed by atoms with Crippen molar-refractivity contribution in [2.75, 3.05) is 16.8 Å². The van der Waals surface area contributed by atoms with Crippen molar-refractivity contribution in [3.63, 3.8) is 0 Å². The number of nitrogens with zero attached hydrogens (tertiary/aromatic N) is 4. The Bertz CT molecular complexity index is 1940. The number of hydrogen-bond donors (Lipinski definition) is 1. The van der Waals surface area contributed by atoms with Crippen molar-refractivity contribution in [1.29, 1.82) is 0 Å². The van der Waals surface area contributed by atoms with E-state index in [1.54, 1.807) is 6.20 Å². The fourth-order valence-electron chi connectivity index (χ4n) is 5.00. The maximum Gasteiger partial charge on any atom is 0.140 e. The number of anilines is 5. The summed E-state index contributed by atoms with van der Waals surface area (Å²) in [7, 11) is 1.97. The average Bonchev–Trinajstić information content (AvgIpc) is 2.97. The molecule has 0 unspecified atom stereocenters. The van der Waals surface area contributed by atoms with Crippen molar-refractivity contribution in [3.8, 4) is 17.0 Å². The Morgan fingerprint density at radius 2 is 1.71 bits per heavy atom. The molecule has 3 heterocycles. The van der Waals surface area contributed by atoms with E-state index in [2.05, 4.69) is 20.9 Å². The third-order valence-corrected chi connectivity index (χ3v) is 6.65. The number of benzene rings is 3. The van der Waals surface area contributed by atoms with E-state index < -0.39 is 31.5 Å². The van der Waals surface area contributed by atoms with Gasteiger partial charge in [-0.2, -0.15) is 0 Å². The summed E-state index contributed by atoms with van der Waals surface area (Å²) in [5, 5.41) is 10.8. The SMILES string of the molecule is [2H]C([2H])([2H])C(c1ccc(O)c2nc(-c3[c-]c4c(c(C)c3)N(C)c3ccccc3N4c3ccccn3)ccc12)(C([2H])([2H])[2H])C([2H])([2H])[2H].[Pt]. The summed E-state index contributed by atoms with van der Waals surface area (Å²) in [6.07, 6.45) is 1.70. The number of para-hydroxylation sites is 2. The van der Waals surface area contributed by atoms with Crippen LogP contribution in [0, 0.1) is 13.0 Å². The second-order valence-corrected chi connectivity index (χ2v) is 9.11. The van der Waals surface area contributed by atoms with E-state index >= 15 is 0 Å². The molecule has 0 fully saturated rings. The van der Waals surface area contributed by atoms with Gasteiger partial charge in [0.15, 0.2) is 0 Å². The summed E-state index contributed by atoms with van der Waals surface area (Å²) < 4.78 is 73.6. The zero-order valence-electron chi connectivity index (χ0n) is 29.6. The van der Waals surface area contributed by atoms with Crippen molar-refractivity contribution in [2.45, 2.75) is 32.9 Å². The van der Waals surface area contributed by atoms with Gasteiger partial charge in [-0.15, -0.1) is 23.3 Å². The van der Waals surface area contributed by atoms with Crippen molar-refractivity contribution in [1.82, 2.24) is 9.97 Å². The van der Waals surface area contributed by atoms with Gasteiger partial charge in [0, 0.05) is 52.0 Å². The maximum absolute atomic E-state index is 10.9. The first kappa shape index (κ1) is 17.0. The Morgan fingerprint density at radius 3 is 2.45 bits per heavy atom. The van der Waals surface area contributed by atoms with Crippen LogP contribution in [0.3, 0.4) is 0 Å². The average molecular weight is 690 g/mol. The van der Waals surface area contributed by atoms with Crippen LogP contribution in [0.15, 0.2) is 79.0 Å². The second-order valence-electron chi connectivity index (χ2n) is 9.11. The summed E-state index contributed by atoms with van der Waals surface area (Å²) in [6.45, 7) is -8.45. The van der Waals surface area contributed by atoms with E-state index in [9.17, 15) is 5.11 Å². The summed E-state index contributed by atoms with van der Waals surface area (Å²) in [6, 6.07) is 24.0. The van der Waals surface area contributed by atoms with E-state index in [1.165, 1.54) is 12.1 Å². The maximum atomic E-state index is 10.9. The van der Waals surface area contributed by atoms with Crippen LogP contribution in [0.5, 0.6) is 5.75 Å². The fourth-order valence-corrected chi connectivity index (χ4v) is 5.00. The van der Waals surface area contributed by atoms with Gasteiger partial charge in [0.05, 0.1) is 11.4 Å². The van der Waals surface area contributed by atoms with Gasteiger partial charge in [0.2, 0.25) is 0 Å². The molecule has 2 aromatic heterocycles. The minimum atomic E-state index is -3.47. The molecule has 5 aromatic rings. The van der Waals surface area contributed by atoms with E-state index in [0.717, 1.165) is 34.8 Å². The first-order valence-corrected chi connectivity index (χ1v) is 11.7. The Hall–Kier alpha value is -3.69. The molecular weight excluding hydrogens is 651 g/mol. The molecule has 3 aromatic carbocycles. The Balaban J connectivity index is 0.00000433.